The van der Waals surface area contributed by atoms with Crippen LogP contribution < -0.4 is 25.3 Å². The van der Waals surface area contributed by atoms with Gasteiger partial charge in [-0.2, -0.15) is 26.0 Å². The first kappa shape index (κ1) is 66.3. The minimum atomic E-state index is -5.03. The number of aromatic nitrogens is 7. The summed E-state index contributed by atoms with van der Waals surface area (Å²) in [7, 11) is -5.03. The second-order valence-electron chi connectivity index (χ2n) is 24.5. The minimum Gasteiger partial charge on any atom is -0.469 e. The maximum absolute atomic E-state index is 15.9. The summed E-state index contributed by atoms with van der Waals surface area (Å²) in [6, 6.07) is 26.4. The van der Waals surface area contributed by atoms with Crippen LogP contribution >= 0.6 is 31.0 Å². The van der Waals surface area contributed by atoms with Gasteiger partial charge in [0.05, 0.1) is 33.6 Å². The van der Waals surface area contributed by atoms with Crippen LogP contribution in [-0.4, -0.2) is 107 Å². The van der Waals surface area contributed by atoms with Crippen LogP contribution in [0.1, 0.15) is 152 Å². The highest BCUT2D eigenvalue weighted by Crippen LogP contribution is 2.57. The molecular weight excluding hydrogens is 1240 g/mol. The molecule has 486 valence electrons. The zero-order chi connectivity index (χ0) is 64.8. The van der Waals surface area contributed by atoms with Gasteiger partial charge in [0.2, 0.25) is 5.88 Å². The molecule has 0 aliphatic carbocycles. The highest BCUT2D eigenvalue weighted by atomic mass is 35.5. The van der Waals surface area contributed by atoms with Crippen LogP contribution in [-0.2, 0) is 55.1 Å². The summed E-state index contributed by atoms with van der Waals surface area (Å²) < 4.78 is 90.1. The summed E-state index contributed by atoms with van der Waals surface area (Å²) >= 11 is 14.7. The molecule has 9 atom stereocenters. The lowest BCUT2D eigenvalue weighted by molar-refractivity contribution is -0.200. The van der Waals surface area contributed by atoms with E-state index in [1.54, 1.807) is 91.3 Å². The molecule has 0 radical (unpaired) electrons. The molecule has 4 unspecified atom stereocenters. The molecule has 0 bridgehead atoms. The molecule has 24 nitrogen and oxygen atoms in total. The van der Waals surface area contributed by atoms with Crippen LogP contribution in [0.4, 0.5) is 11.6 Å². The largest absolute Gasteiger partial charge is 0.587 e. The molecule has 2 aromatic carbocycles. The van der Waals surface area contributed by atoms with E-state index in [0.29, 0.717) is 45.7 Å². The van der Waals surface area contributed by atoms with Crippen molar-refractivity contribution in [2.24, 2.45) is 0 Å². The number of phosphoric acid groups is 1. The normalized spacial score (nSPS) is 24.6. The van der Waals surface area contributed by atoms with Gasteiger partial charge in [0.1, 0.15) is 91.2 Å². The molecule has 9 heterocycles. The number of benzene rings is 2. The number of hydrogen-bond donors (Lipinski definition) is 2. The Labute approximate surface area is 543 Å². The van der Waals surface area contributed by atoms with Crippen LogP contribution in [0, 0.1) is 34.0 Å². The highest BCUT2D eigenvalue weighted by molar-refractivity contribution is 7.49. The standard InChI is InChI=1S/C65H75Cl2N12O12P/c1-6-7-8-9-10-11-12-13-14-15-16-17-30-81-35-44(83-51-29-24-41(33-68)34-73-51)36-82-92(80,90-49-22-18-20-42(52(49)66)31-64(37-69)58-56(84-62(2,3)88-58)54(86-64)45-25-27-47-60(71)74-39-76-78(45)47)91-50-23-19-21-43(53(50)67)32-65(38-70)59-57(85-63(4,5)89-59)55(87-65)46-26-28-48-61(72)75-40-77-79(46)48/h18-29,34,39-40,44,54-59H,6-17,30-32,35-36H2,1-5H3,(H2,71,74,76)(H2,72,75,77)/t44-,54+,55+,56?,57?,58?,59?,64-,65-,92?/m1/s1. The lowest BCUT2D eigenvalue weighted by atomic mass is 9.88. The third-order valence-corrected chi connectivity index (χ3v) is 19.0. The van der Waals surface area contributed by atoms with Gasteiger partial charge in [0.15, 0.2) is 45.9 Å². The Morgan fingerprint density at radius 3 is 1.57 bits per heavy atom. The molecule has 0 saturated carbocycles. The number of halogens is 2. The van der Waals surface area contributed by atoms with Crippen molar-refractivity contribution in [3.05, 3.63) is 130 Å². The first-order valence-corrected chi connectivity index (χ1v) is 33.4. The molecule has 11 rings (SSSR count). The number of anilines is 2. The average Bonchev–Trinajstić information content (AvgIpc) is 1.50. The molecule has 4 fully saturated rings. The third kappa shape index (κ3) is 14.3. The van der Waals surface area contributed by atoms with Crippen molar-refractivity contribution in [1.82, 2.24) is 34.2 Å². The van der Waals surface area contributed by atoms with Crippen molar-refractivity contribution >= 4 is 53.7 Å². The maximum atomic E-state index is 15.9. The molecule has 27 heteroatoms. The highest BCUT2D eigenvalue weighted by Gasteiger charge is 2.66. The van der Waals surface area contributed by atoms with E-state index in [9.17, 15) is 15.8 Å². The Bertz CT molecular complexity index is 3730. The van der Waals surface area contributed by atoms with Crippen molar-refractivity contribution in [3.8, 4) is 35.6 Å². The van der Waals surface area contributed by atoms with Gasteiger partial charge < -0.3 is 58.4 Å². The van der Waals surface area contributed by atoms with Crippen LogP contribution in [0.15, 0.2) is 91.6 Å². The summed E-state index contributed by atoms with van der Waals surface area (Å²) in [6.45, 7) is 9.11. The van der Waals surface area contributed by atoms with Crippen molar-refractivity contribution in [2.45, 2.75) is 190 Å². The number of nitrogens with zero attached hydrogens (tertiary/aromatic N) is 10. The second-order valence-corrected chi connectivity index (χ2v) is 26.7. The minimum absolute atomic E-state index is 0.0467. The van der Waals surface area contributed by atoms with Crippen LogP contribution in [0.25, 0.3) is 11.0 Å². The van der Waals surface area contributed by atoms with E-state index in [1.807, 2.05) is 0 Å². The predicted molar refractivity (Wildman–Crippen MR) is 337 cm³/mol. The number of unbranched alkanes of at least 4 members (excludes halogenated alkanes) is 11. The summed E-state index contributed by atoms with van der Waals surface area (Å²) in [5, 5.41) is 40.7. The number of hydrogen-bond acceptors (Lipinski definition) is 22. The van der Waals surface area contributed by atoms with E-state index >= 15 is 4.57 Å². The van der Waals surface area contributed by atoms with E-state index < -0.39 is 79.9 Å². The van der Waals surface area contributed by atoms with E-state index in [2.05, 4.69) is 50.3 Å². The maximum Gasteiger partial charge on any atom is 0.587 e. The Balaban J connectivity index is 0.872. The fourth-order valence-electron chi connectivity index (χ4n) is 12.5. The molecule has 5 aromatic heterocycles. The topological polar surface area (TPSA) is 315 Å². The number of rotatable bonds is 30. The summed E-state index contributed by atoms with van der Waals surface area (Å²) in [6.07, 6.45) is 11.6. The SMILES string of the molecule is CCCCCCCCCCCCCCOC[C@H](COP(=O)(Oc1cccc(C[C@]2(C#N)O[C@@H](c3ccc4c(N)ncnn34)C3OC(C)(C)OC32)c1Cl)Oc1cccc(C[C@]2(C#N)O[C@@H](c3ccc4c(N)ncnn34)C3OC(C)(C)OC32)c1Cl)Oc1ccc(C#N)cn1. The van der Waals surface area contributed by atoms with Gasteiger partial charge in [-0.05, 0) is 87.7 Å². The van der Waals surface area contributed by atoms with Crippen LogP contribution in [0.2, 0.25) is 10.0 Å². The van der Waals surface area contributed by atoms with Gasteiger partial charge in [-0.1, -0.05) is 125 Å². The average molecular weight is 1320 g/mol. The fraction of sp³-hybridized carbons (Fsp3) is 0.508. The van der Waals surface area contributed by atoms with Gasteiger partial charge in [0, 0.05) is 31.7 Å². The number of nitrogen functional groups attached to an aromatic ring is 2. The molecule has 7 aromatic rings. The molecule has 92 heavy (non-hydrogen) atoms. The molecule has 0 amide bonds. The number of nitrogens with two attached hydrogens (primary N) is 2. The quantitative estimate of drug-likeness (QED) is 0.0312. The number of fused-ring (bicyclic) bond motifs is 4. The van der Waals surface area contributed by atoms with Gasteiger partial charge in [-0.25, -0.2) is 28.5 Å². The second kappa shape index (κ2) is 28.2. The van der Waals surface area contributed by atoms with E-state index in [-0.39, 0.29) is 58.5 Å². The Hall–Kier alpha value is -7.21. The van der Waals surface area contributed by atoms with Crippen molar-refractivity contribution in [1.29, 1.82) is 15.8 Å². The van der Waals surface area contributed by atoms with E-state index in [4.69, 9.17) is 86.1 Å². The molecule has 4 aliphatic heterocycles. The van der Waals surface area contributed by atoms with Crippen LogP contribution in [0.5, 0.6) is 17.4 Å². The summed E-state index contributed by atoms with van der Waals surface area (Å²) in [5.74, 6) is -1.99. The van der Waals surface area contributed by atoms with Gasteiger partial charge >= 0.3 is 7.82 Å². The number of pyridine rings is 1. The molecule has 0 spiro atoms. The molecule has 4 N–H and O–H groups in total. The third-order valence-electron chi connectivity index (χ3n) is 16.9. The Morgan fingerprint density at radius 1 is 0.620 bits per heavy atom. The van der Waals surface area contributed by atoms with E-state index in [0.717, 1.165) is 25.7 Å². The van der Waals surface area contributed by atoms with Gasteiger partial charge in [0.25, 0.3) is 0 Å². The van der Waals surface area contributed by atoms with Gasteiger partial charge in [-0.15, -0.1) is 0 Å². The number of phosphoric ester groups is 1. The number of nitriles is 3. The zero-order valence-corrected chi connectivity index (χ0v) is 54.4. The van der Waals surface area contributed by atoms with Crippen molar-refractivity contribution in [2.75, 3.05) is 31.3 Å². The lowest BCUT2D eigenvalue weighted by Gasteiger charge is -2.30. The zero-order valence-electron chi connectivity index (χ0n) is 52.0. The van der Waals surface area contributed by atoms with E-state index in [1.165, 1.54) is 88.4 Å². The molecule has 4 saturated heterocycles. The smallest absolute Gasteiger partial charge is 0.469 e. The first-order valence-electron chi connectivity index (χ1n) is 31.2. The predicted octanol–water partition coefficient (Wildman–Crippen LogP) is 12.5. The number of ether oxygens (including phenoxy) is 8. The first-order chi connectivity index (χ1) is 44.3. The van der Waals surface area contributed by atoms with Crippen LogP contribution in [0.3, 0.4) is 0 Å². The molecular formula is C65H75Cl2N12O12P. The van der Waals surface area contributed by atoms with Crippen molar-refractivity contribution in [3.63, 3.8) is 0 Å². The lowest BCUT2D eigenvalue weighted by Crippen LogP contribution is -2.44. The van der Waals surface area contributed by atoms with Crippen molar-refractivity contribution < 1.29 is 56.0 Å². The fourth-order valence-corrected chi connectivity index (χ4v) is 14.3. The summed E-state index contributed by atoms with van der Waals surface area (Å²) in [5.41, 5.74) is 12.1. The van der Waals surface area contributed by atoms with Gasteiger partial charge in [-0.3, -0.25) is 4.52 Å². The molecule has 4 aliphatic rings. The monoisotopic (exact) mass is 1320 g/mol. The Kier molecular flexibility index (Phi) is 20.3. The summed E-state index contributed by atoms with van der Waals surface area (Å²) in [4.78, 5) is 12.6. The Morgan fingerprint density at radius 2 is 1.11 bits per heavy atom.